The first kappa shape index (κ1) is 5.96. The number of aromatic amines is 1. The van der Waals surface area contributed by atoms with Gasteiger partial charge in [0.05, 0.1) is 17.2 Å². The largest absolute Gasteiger partial charge is 0.344 e. The van der Waals surface area contributed by atoms with Gasteiger partial charge in [-0.2, -0.15) is 0 Å². The van der Waals surface area contributed by atoms with Crippen LogP contribution >= 0.6 is 0 Å². The molecule has 5 nitrogen and oxygen atoms in total. The summed E-state index contributed by atoms with van der Waals surface area (Å²) in [7, 11) is 0. The normalized spacial score (nSPS) is 10.5. The third-order valence-corrected chi connectivity index (χ3v) is 1.52. The Morgan fingerprint density at radius 3 is 3.18 bits per heavy atom. The lowest BCUT2D eigenvalue weighted by molar-refractivity contribution is 0.967. The van der Waals surface area contributed by atoms with Gasteiger partial charge >= 0.3 is 5.69 Å². The van der Waals surface area contributed by atoms with Crippen molar-refractivity contribution in [1.82, 2.24) is 14.6 Å². The molecule has 2 rings (SSSR count). The molecular weight excluding hydrogens is 144 g/mol. The van der Waals surface area contributed by atoms with Gasteiger partial charge in [0.2, 0.25) is 0 Å². The highest BCUT2D eigenvalue weighted by atomic mass is 16.1. The molecule has 0 radical (unpaired) electrons. The molecule has 0 spiro atoms. The monoisotopic (exact) mass is 150 g/mol. The number of pyridine rings is 1. The van der Waals surface area contributed by atoms with Gasteiger partial charge in [-0.05, 0) is 6.07 Å². The molecule has 0 fully saturated rings. The van der Waals surface area contributed by atoms with Crippen LogP contribution in [0.4, 0.5) is 0 Å². The summed E-state index contributed by atoms with van der Waals surface area (Å²) < 4.78 is 1.05. The molecule has 11 heavy (non-hydrogen) atoms. The van der Waals surface area contributed by atoms with Gasteiger partial charge in [0.15, 0.2) is 0 Å². The van der Waals surface area contributed by atoms with Crippen molar-refractivity contribution in [2.75, 3.05) is 5.84 Å². The molecule has 2 aromatic heterocycles. The molecule has 2 aromatic rings. The Labute approximate surface area is 61.4 Å². The summed E-state index contributed by atoms with van der Waals surface area (Å²) >= 11 is 0. The van der Waals surface area contributed by atoms with Crippen molar-refractivity contribution in [3.8, 4) is 0 Å². The fourth-order valence-corrected chi connectivity index (χ4v) is 0.978. The molecule has 0 aliphatic rings. The summed E-state index contributed by atoms with van der Waals surface area (Å²) in [5.74, 6) is 5.38. The lowest BCUT2D eigenvalue weighted by atomic mass is 10.4. The van der Waals surface area contributed by atoms with Gasteiger partial charge in [-0.15, -0.1) is 0 Å². The maximum absolute atomic E-state index is 10.9. The summed E-state index contributed by atoms with van der Waals surface area (Å²) in [6.07, 6.45) is 3.14. The zero-order chi connectivity index (χ0) is 7.84. The van der Waals surface area contributed by atoms with Crippen LogP contribution in [0.15, 0.2) is 23.3 Å². The Morgan fingerprint density at radius 1 is 1.64 bits per heavy atom. The number of fused-ring (bicyclic) bond motifs is 1. The molecule has 0 saturated carbocycles. The van der Waals surface area contributed by atoms with Crippen LogP contribution in [0, 0.1) is 0 Å². The maximum atomic E-state index is 10.9. The number of rotatable bonds is 0. The number of imidazole rings is 1. The van der Waals surface area contributed by atoms with Crippen molar-refractivity contribution in [3.05, 3.63) is 28.9 Å². The summed E-state index contributed by atoms with van der Waals surface area (Å²) in [4.78, 5) is 17.3. The molecule has 5 heteroatoms. The van der Waals surface area contributed by atoms with Gasteiger partial charge in [-0.25, -0.2) is 9.47 Å². The second-order valence-electron chi connectivity index (χ2n) is 2.19. The van der Waals surface area contributed by atoms with Crippen molar-refractivity contribution in [1.29, 1.82) is 0 Å². The average molecular weight is 150 g/mol. The average Bonchev–Trinajstić information content (AvgIpc) is 2.30. The highest BCUT2D eigenvalue weighted by molar-refractivity contribution is 5.73. The first-order valence-corrected chi connectivity index (χ1v) is 3.09. The number of H-pyrrole nitrogens is 1. The summed E-state index contributed by atoms with van der Waals surface area (Å²) in [6, 6.07) is 1.67. The number of nitrogens with one attached hydrogen (secondary N) is 1. The topological polar surface area (TPSA) is 76.7 Å². The molecular formula is C6H6N4O. The van der Waals surface area contributed by atoms with E-state index in [4.69, 9.17) is 5.84 Å². The molecule has 56 valence electrons. The Kier molecular flexibility index (Phi) is 1.00. The first-order chi connectivity index (χ1) is 5.29. The SMILES string of the molecule is Nn1c(=O)[nH]c2cnccc21. The van der Waals surface area contributed by atoms with Crippen molar-refractivity contribution >= 4 is 11.0 Å². The summed E-state index contributed by atoms with van der Waals surface area (Å²) in [5, 5.41) is 0. The van der Waals surface area contributed by atoms with E-state index in [1.807, 2.05) is 0 Å². The van der Waals surface area contributed by atoms with Gasteiger partial charge < -0.3 is 10.8 Å². The van der Waals surface area contributed by atoms with Crippen molar-refractivity contribution in [3.63, 3.8) is 0 Å². The van der Waals surface area contributed by atoms with Crippen LogP contribution in [0.1, 0.15) is 0 Å². The van der Waals surface area contributed by atoms with Crippen LogP contribution in [0.25, 0.3) is 11.0 Å². The maximum Gasteiger partial charge on any atom is 0.344 e. The van der Waals surface area contributed by atoms with Crippen LogP contribution in [0.2, 0.25) is 0 Å². The predicted molar refractivity (Wildman–Crippen MR) is 40.5 cm³/mol. The first-order valence-electron chi connectivity index (χ1n) is 3.09. The van der Waals surface area contributed by atoms with Crippen LogP contribution in [-0.2, 0) is 0 Å². The number of hydrogen-bond acceptors (Lipinski definition) is 3. The standard InChI is InChI=1S/C6H6N4O/c7-10-5-1-2-8-3-4(5)9-6(10)11/h1-3H,7H2,(H,9,11). The minimum atomic E-state index is -0.326. The van der Waals surface area contributed by atoms with Crippen LogP contribution in [-0.4, -0.2) is 14.6 Å². The van der Waals surface area contributed by atoms with Gasteiger partial charge in [0.1, 0.15) is 0 Å². The van der Waals surface area contributed by atoms with E-state index >= 15 is 0 Å². The second kappa shape index (κ2) is 1.85. The Bertz CT molecular complexity index is 441. The van der Waals surface area contributed by atoms with E-state index in [1.165, 1.54) is 0 Å². The third kappa shape index (κ3) is 0.706. The lowest BCUT2D eigenvalue weighted by Gasteiger charge is -1.89. The van der Waals surface area contributed by atoms with Crippen molar-refractivity contribution < 1.29 is 0 Å². The van der Waals surface area contributed by atoms with Gasteiger partial charge in [0.25, 0.3) is 0 Å². The minimum absolute atomic E-state index is 0.326. The summed E-state index contributed by atoms with van der Waals surface area (Å²) in [5.41, 5.74) is 0.984. The molecule has 0 saturated heterocycles. The molecule has 0 aliphatic carbocycles. The fraction of sp³-hybridized carbons (Fsp3) is 0. The van der Waals surface area contributed by atoms with E-state index in [9.17, 15) is 4.79 Å². The number of nitrogens with two attached hydrogens (primary N) is 1. The van der Waals surface area contributed by atoms with E-state index in [-0.39, 0.29) is 5.69 Å². The van der Waals surface area contributed by atoms with Gasteiger partial charge in [-0.3, -0.25) is 4.98 Å². The zero-order valence-electron chi connectivity index (χ0n) is 5.61. The summed E-state index contributed by atoms with van der Waals surface area (Å²) in [6.45, 7) is 0. The third-order valence-electron chi connectivity index (χ3n) is 1.52. The molecule has 3 N–H and O–H groups in total. The van der Waals surface area contributed by atoms with Gasteiger partial charge in [0, 0.05) is 6.20 Å². The van der Waals surface area contributed by atoms with E-state index in [0.717, 1.165) is 4.68 Å². The molecule has 0 atom stereocenters. The molecule has 0 aromatic carbocycles. The number of aromatic nitrogens is 3. The minimum Gasteiger partial charge on any atom is -0.335 e. The highest BCUT2D eigenvalue weighted by Gasteiger charge is 2.00. The van der Waals surface area contributed by atoms with Crippen LogP contribution in [0.5, 0.6) is 0 Å². The number of nitrogen functional groups attached to an aromatic ring is 1. The molecule has 0 amide bonds. The number of nitrogens with zero attached hydrogens (tertiary/aromatic N) is 2. The Hall–Kier alpha value is -1.78. The predicted octanol–water partition coefficient (Wildman–Crippen LogP) is -0.562. The van der Waals surface area contributed by atoms with Crippen molar-refractivity contribution in [2.24, 2.45) is 0 Å². The van der Waals surface area contributed by atoms with E-state index < -0.39 is 0 Å². The Balaban J connectivity index is 3.04. The molecule has 0 bridgehead atoms. The fourth-order valence-electron chi connectivity index (χ4n) is 0.978. The van der Waals surface area contributed by atoms with Crippen LogP contribution < -0.4 is 11.5 Å². The van der Waals surface area contributed by atoms with Crippen LogP contribution in [0.3, 0.4) is 0 Å². The molecule has 0 aliphatic heterocycles. The number of hydrogen-bond donors (Lipinski definition) is 2. The van der Waals surface area contributed by atoms with Gasteiger partial charge in [-0.1, -0.05) is 0 Å². The quantitative estimate of drug-likeness (QED) is 0.494. The second-order valence-corrected chi connectivity index (χ2v) is 2.19. The smallest absolute Gasteiger partial charge is 0.335 e. The molecule has 0 unspecified atom stereocenters. The highest BCUT2D eigenvalue weighted by Crippen LogP contribution is 2.02. The van der Waals surface area contributed by atoms with Crippen molar-refractivity contribution in [2.45, 2.75) is 0 Å². The zero-order valence-corrected chi connectivity index (χ0v) is 5.61. The van der Waals surface area contributed by atoms with E-state index in [1.54, 1.807) is 18.5 Å². The van der Waals surface area contributed by atoms with E-state index in [2.05, 4.69) is 9.97 Å². The lowest BCUT2D eigenvalue weighted by Crippen LogP contribution is -2.23. The Morgan fingerprint density at radius 2 is 2.45 bits per heavy atom. The molecule has 2 heterocycles. The van der Waals surface area contributed by atoms with E-state index in [0.29, 0.717) is 11.0 Å².